The molecule has 0 spiro atoms. The van der Waals surface area contributed by atoms with Crippen LogP contribution in [0.4, 0.5) is 0 Å². The molecule has 0 aliphatic rings. The maximum Gasteiger partial charge on any atom is 0.122 e. The first-order valence-electron chi connectivity index (χ1n) is 5.67. The number of aliphatic hydroxyl groups is 1. The van der Waals surface area contributed by atoms with E-state index in [0.29, 0.717) is 6.61 Å². The molecule has 2 rings (SSSR count). The van der Waals surface area contributed by atoms with Gasteiger partial charge in [-0.2, -0.15) is 0 Å². The SMILES string of the molecule is Cc1ccccc1OCc1ccccc1CO. The van der Waals surface area contributed by atoms with Gasteiger partial charge in [0.25, 0.3) is 0 Å². The lowest BCUT2D eigenvalue weighted by Crippen LogP contribution is -2.00. The minimum Gasteiger partial charge on any atom is -0.489 e. The molecule has 2 nitrogen and oxygen atoms in total. The summed E-state index contributed by atoms with van der Waals surface area (Å²) < 4.78 is 5.75. The fourth-order valence-electron chi connectivity index (χ4n) is 1.73. The van der Waals surface area contributed by atoms with Crippen LogP contribution in [0.5, 0.6) is 5.75 Å². The van der Waals surface area contributed by atoms with Crippen LogP contribution >= 0.6 is 0 Å². The molecule has 1 N–H and O–H groups in total. The zero-order valence-corrected chi connectivity index (χ0v) is 9.89. The van der Waals surface area contributed by atoms with Crippen molar-refractivity contribution >= 4 is 0 Å². The fourth-order valence-corrected chi connectivity index (χ4v) is 1.73. The lowest BCUT2D eigenvalue weighted by atomic mass is 10.1. The summed E-state index contributed by atoms with van der Waals surface area (Å²) >= 11 is 0. The summed E-state index contributed by atoms with van der Waals surface area (Å²) in [5, 5.41) is 9.21. The Kier molecular flexibility index (Phi) is 3.78. The van der Waals surface area contributed by atoms with Crippen molar-refractivity contribution < 1.29 is 9.84 Å². The first-order valence-corrected chi connectivity index (χ1v) is 5.67. The van der Waals surface area contributed by atoms with Crippen molar-refractivity contribution in [1.29, 1.82) is 0 Å². The first kappa shape index (κ1) is 11.7. The molecule has 2 heteroatoms. The topological polar surface area (TPSA) is 29.5 Å². The summed E-state index contributed by atoms with van der Waals surface area (Å²) in [5.74, 6) is 0.889. The minimum atomic E-state index is 0.0489. The van der Waals surface area contributed by atoms with E-state index in [1.165, 1.54) is 0 Å². The second kappa shape index (κ2) is 5.51. The number of para-hydroxylation sites is 1. The third-order valence-corrected chi connectivity index (χ3v) is 2.77. The summed E-state index contributed by atoms with van der Waals surface area (Å²) in [7, 11) is 0. The van der Waals surface area contributed by atoms with E-state index < -0.39 is 0 Å². The predicted molar refractivity (Wildman–Crippen MR) is 67.9 cm³/mol. The van der Waals surface area contributed by atoms with Gasteiger partial charge in [-0.05, 0) is 29.7 Å². The van der Waals surface area contributed by atoms with Crippen LogP contribution in [0.15, 0.2) is 48.5 Å². The van der Waals surface area contributed by atoms with Crippen molar-refractivity contribution in [2.75, 3.05) is 0 Å². The summed E-state index contributed by atoms with van der Waals surface area (Å²) in [5.41, 5.74) is 3.06. The van der Waals surface area contributed by atoms with Crippen LogP contribution in [0.25, 0.3) is 0 Å². The number of hydrogen-bond donors (Lipinski definition) is 1. The molecule has 2 aromatic rings. The van der Waals surface area contributed by atoms with Gasteiger partial charge in [-0.25, -0.2) is 0 Å². The molecule has 0 heterocycles. The fraction of sp³-hybridized carbons (Fsp3) is 0.200. The van der Waals surface area contributed by atoms with Crippen molar-refractivity contribution in [3.8, 4) is 5.75 Å². The van der Waals surface area contributed by atoms with Crippen molar-refractivity contribution in [2.45, 2.75) is 20.1 Å². The summed E-state index contributed by atoms with van der Waals surface area (Å²) in [6, 6.07) is 15.7. The van der Waals surface area contributed by atoms with Crippen LogP contribution in [0.1, 0.15) is 16.7 Å². The lowest BCUT2D eigenvalue weighted by Gasteiger charge is -2.11. The molecule has 2 aromatic carbocycles. The molecule has 0 aliphatic carbocycles. The van der Waals surface area contributed by atoms with E-state index in [9.17, 15) is 5.11 Å². The highest BCUT2D eigenvalue weighted by molar-refractivity contribution is 5.33. The van der Waals surface area contributed by atoms with Gasteiger partial charge in [0, 0.05) is 0 Å². The van der Waals surface area contributed by atoms with Crippen molar-refractivity contribution in [1.82, 2.24) is 0 Å². The van der Waals surface area contributed by atoms with E-state index in [1.54, 1.807) is 0 Å². The maximum atomic E-state index is 9.21. The van der Waals surface area contributed by atoms with Gasteiger partial charge in [0.05, 0.1) is 6.61 Å². The maximum absolute atomic E-state index is 9.21. The second-order valence-corrected chi connectivity index (χ2v) is 3.98. The molecule has 0 saturated heterocycles. The van der Waals surface area contributed by atoms with Crippen molar-refractivity contribution in [3.05, 3.63) is 65.2 Å². The Morgan fingerprint density at radius 1 is 0.941 bits per heavy atom. The minimum absolute atomic E-state index is 0.0489. The van der Waals surface area contributed by atoms with Gasteiger partial charge in [-0.1, -0.05) is 42.5 Å². The Morgan fingerprint density at radius 3 is 2.29 bits per heavy atom. The number of ether oxygens (including phenoxy) is 1. The largest absolute Gasteiger partial charge is 0.489 e. The summed E-state index contributed by atoms with van der Waals surface area (Å²) in [6.45, 7) is 2.56. The quantitative estimate of drug-likeness (QED) is 0.871. The molecule has 0 atom stereocenters. The van der Waals surface area contributed by atoms with Gasteiger partial charge in [-0.15, -0.1) is 0 Å². The second-order valence-electron chi connectivity index (χ2n) is 3.98. The zero-order chi connectivity index (χ0) is 12.1. The van der Waals surface area contributed by atoms with Crippen LogP contribution < -0.4 is 4.74 Å². The standard InChI is InChI=1S/C15H16O2/c1-12-6-2-5-9-15(12)17-11-14-8-4-3-7-13(14)10-16/h2-9,16H,10-11H2,1H3. The molecular formula is C15H16O2. The molecule has 0 radical (unpaired) electrons. The third-order valence-electron chi connectivity index (χ3n) is 2.77. The first-order chi connectivity index (χ1) is 8.31. The predicted octanol–water partition coefficient (Wildman–Crippen LogP) is 3.07. The van der Waals surface area contributed by atoms with Gasteiger partial charge in [0.1, 0.15) is 12.4 Å². The van der Waals surface area contributed by atoms with Gasteiger partial charge < -0.3 is 9.84 Å². The average molecular weight is 228 g/mol. The molecule has 0 saturated carbocycles. The number of benzene rings is 2. The van der Waals surface area contributed by atoms with Crippen LogP contribution in [0.3, 0.4) is 0 Å². The van der Waals surface area contributed by atoms with E-state index in [-0.39, 0.29) is 6.61 Å². The van der Waals surface area contributed by atoms with Crippen LogP contribution in [0, 0.1) is 6.92 Å². The van der Waals surface area contributed by atoms with Gasteiger partial charge >= 0.3 is 0 Å². The smallest absolute Gasteiger partial charge is 0.122 e. The van der Waals surface area contributed by atoms with Gasteiger partial charge in [0.15, 0.2) is 0 Å². The highest BCUT2D eigenvalue weighted by Gasteiger charge is 2.02. The van der Waals surface area contributed by atoms with E-state index in [2.05, 4.69) is 0 Å². The number of aryl methyl sites for hydroxylation is 1. The Hall–Kier alpha value is -1.80. The number of hydrogen-bond acceptors (Lipinski definition) is 2. The molecule has 0 aliphatic heterocycles. The molecule has 0 bridgehead atoms. The Balaban J connectivity index is 2.10. The average Bonchev–Trinajstić information content (AvgIpc) is 2.38. The number of aliphatic hydroxyl groups excluding tert-OH is 1. The van der Waals surface area contributed by atoms with E-state index >= 15 is 0 Å². The van der Waals surface area contributed by atoms with Gasteiger partial charge in [-0.3, -0.25) is 0 Å². The molecule has 0 unspecified atom stereocenters. The highest BCUT2D eigenvalue weighted by Crippen LogP contribution is 2.19. The Morgan fingerprint density at radius 2 is 1.59 bits per heavy atom. The lowest BCUT2D eigenvalue weighted by molar-refractivity contribution is 0.269. The molecule has 0 aromatic heterocycles. The van der Waals surface area contributed by atoms with E-state index in [1.807, 2.05) is 55.5 Å². The Bertz CT molecular complexity index is 492. The highest BCUT2D eigenvalue weighted by atomic mass is 16.5. The normalized spacial score (nSPS) is 10.2. The molecule has 88 valence electrons. The van der Waals surface area contributed by atoms with Crippen molar-refractivity contribution in [2.24, 2.45) is 0 Å². The molecule has 0 amide bonds. The van der Waals surface area contributed by atoms with Gasteiger partial charge in [0.2, 0.25) is 0 Å². The summed E-state index contributed by atoms with van der Waals surface area (Å²) in [6.07, 6.45) is 0. The molecule has 17 heavy (non-hydrogen) atoms. The van der Waals surface area contributed by atoms with Crippen LogP contribution in [0.2, 0.25) is 0 Å². The molecular weight excluding hydrogens is 212 g/mol. The van der Waals surface area contributed by atoms with E-state index in [4.69, 9.17) is 4.74 Å². The zero-order valence-electron chi connectivity index (χ0n) is 9.89. The third kappa shape index (κ3) is 2.86. The van der Waals surface area contributed by atoms with Crippen LogP contribution in [-0.2, 0) is 13.2 Å². The molecule has 0 fully saturated rings. The van der Waals surface area contributed by atoms with E-state index in [0.717, 1.165) is 22.4 Å². The number of rotatable bonds is 4. The van der Waals surface area contributed by atoms with Crippen LogP contribution in [-0.4, -0.2) is 5.11 Å². The monoisotopic (exact) mass is 228 g/mol. The van der Waals surface area contributed by atoms with Crippen molar-refractivity contribution in [3.63, 3.8) is 0 Å². The summed E-state index contributed by atoms with van der Waals surface area (Å²) in [4.78, 5) is 0. The Labute approximate surface area is 101 Å².